The molecule has 6 heteroatoms. The van der Waals surface area contributed by atoms with E-state index in [4.69, 9.17) is 0 Å². The molecule has 1 aliphatic heterocycles. The van der Waals surface area contributed by atoms with Crippen LogP contribution in [0.5, 0.6) is 0 Å². The summed E-state index contributed by atoms with van der Waals surface area (Å²) < 4.78 is 26.7. The lowest BCUT2D eigenvalue weighted by atomic mass is 9.96. The van der Waals surface area contributed by atoms with Crippen LogP contribution in [0.15, 0.2) is 0 Å². The summed E-state index contributed by atoms with van der Waals surface area (Å²) in [6, 6.07) is 0.0427. The predicted molar refractivity (Wildman–Crippen MR) is 74.1 cm³/mol. The highest BCUT2D eigenvalue weighted by Gasteiger charge is 2.28. The van der Waals surface area contributed by atoms with E-state index in [9.17, 15) is 8.42 Å². The van der Waals surface area contributed by atoms with Gasteiger partial charge in [0.15, 0.2) is 0 Å². The number of hydrogen-bond donors (Lipinski definition) is 2. The summed E-state index contributed by atoms with van der Waals surface area (Å²) >= 11 is 0. The lowest BCUT2D eigenvalue weighted by molar-refractivity contribution is 0.325. The van der Waals surface area contributed by atoms with Crippen LogP contribution in [0.2, 0.25) is 0 Å². The van der Waals surface area contributed by atoms with Gasteiger partial charge in [-0.1, -0.05) is 27.7 Å². The minimum Gasteiger partial charge on any atom is -0.315 e. The maximum atomic E-state index is 11.9. The van der Waals surface area contributed by atoms with Gasteiger partial charge in [-0.15, -0.1) is 12.4 Å². The van der Waals surface area contributed by atoms with E-state index in [0.717, 1.165) is 19.5 Å². The summed E-state index contributed by atoms with van der Waals surface area (Å²) in [5.41, 5.74) is -0.197. The van der Waals surface area contributed by atoms with Gasteiger partial charge in [0.1, 0.15) is 0 Å². The van der Waals surface area contributed by atoms with Gasteiger partial charge in [0.25, 0.3) is 0 Å². The van der Waals surface area contributed by atoms with E-state index in [1.54, 1.807) is 0 Å². The van der Waals surface area contributed by atoms with Crippen molar-refractivity contribution in [2.75, 3.05) is 18.8 Å². The Morgan fingerprint density at radius 1 is 1.35 bits per heavy atom. The second kappa shape index (κ2) is 6.36. The van der Waals surface area contributed by atoms with Gasteiger partial charge in [0.05, 0.1) is 5.75 Å². The fraction of sp³-hybridized carbons (Fsp3) is 1.00. The first-order valence-corrected chi connectivity index (χ1v) is 7.55. The Bertz CT molecular complexity index is 325. The van der Waals surface area contributed by atoms with Gasteiger partial charge in [-0.3, -0.25) is 0 Å². The number of piperidine rings is 1. The number of halogens is 1. The van der Waals surface area contributed by atoms with Crippen LogP contribution in [0, 0.1) is 11.3 Å². The first-order chi connectivity index (χ1) is 7.20. The van der Waals surface area contributed by atoms with Crippen LogP contribution in [0.1, 0.15) is 34.1 Å². The summed E-state index contributed by atoms with van der Waals surface area (Å²) in [4.78, 5) is 0. The first kappa shape index (κ1) is 17.2. The van der Waals surface area contributed by atoms with E-state index in [0.29, 0.717) is 5.92 Å². The van der Waals surface area contributed by atoms with Crippen molar-refractivity contribution < 1.29 is 8.42 Å². The first-order valence-electron chi connectivity index (χ1n) is 5.90. The van der Waals surface area contributed by atoms with Crippen molar-refractivity contribution in [2.24, 2.45) is 11.3 Å². The number of rotatable bonds is 3. The van der Waals surface area contributed by atoms with Crippen molar-refractivity contribution >= 4 is 22.4 Å². The van der Waals surface area contributed by atoms with Crippen molar-refractivity contribution in [2.45, 2.75) is 40.2 Å². The molecule has 1 saturated heterocycles. The molecule has 104 valence electrons. The minimum absolute atomic E-state index is 0. The summed E-state index contributed by atoms with van der Waals surface area (Å²) in [6.45, 7) is 9.65. The fourth-order valence-corrected chi connectivity index (χ4v) is 3.99. The zero-order valence-electron chi connectivity index (χ0n) is 11.1. The van der Waals surface area contributed by atoms with Crippen LogP contribution < -0.4 is 10.0 Å². The van der Waals surface area contributed by atoms with Gasteiger partial charge < -0.3 is 5.32 Å². The lowest BCUT2D eigenvalue weighted by Crippen LogP contribution is -2.51. The Labute approximate surface area is 111 Å². The van der Waals surface area contributed by atoms with Gasteiger partial charge in [0.2, 0.25) is 10.0 Å². The zero-order valence-corrected chi connectivity index (χ0v) is 12.7. The molecular formula is C11H25ClN2O2S. The molecule has 2 N–H and O–H groups in total. The predicted octanol–water partition coefficient (Wildman–Crippen LogP) is 1.37. The zero-order chi connectivity index (χ0) is 12.4. The van der Waals surface area contributed by atoms with Crippen LogP contribution in [-0.4, -0.2) is 33.3 Å². The fourth-order valence-electron chi connectivity index (χ4n) is 1.99. The van der Waals surface area contributed by atoms with Crippen LogP contribution in [0.3, 0.4) is 0 Å². The Hall–Kier alpha value is 0.160. The quantitative estimate of drug-likeness (QED) is 0.823. The van der Waals surface area contributed by atoms with E-state index in [-0.39, 0.29) is 29.6 Å². The van der Waals surface area contributed by atoms with Gasteiger partial charge in [-0.2, -0.15) is 0 Å². The molecule has 0 aromatic heterocycles. The van der Waals surface area contributed by atoms with E-state index in [1.165, 1.54) is 0 Å². The second-order valence-corrected chi connectivity index (χ2v) is 7.77. The van der Waals surface area contributed by atoms with E-state index >= 15 is 0 Å². The van der Waals surface area contributed by atoms with Crippen molar-refractivity contribution in [1.82, 2.24) is 10.0 Å². The van der Waals surface area contributed by atoms with Gasteiger partial charge in [-0.05, 0) is 24.3 Å². The molecule has 1 aliphatic rings. The Morgan fingerprint density at radius 3 is 2.41 bits per heavy atom. The summed E-state index contributed by atoms with van der Waals surface area (Å²) in [5.74, 6) is 0.597. The van der Waals surface area contributed by atoms with E-state index < -0.39 is 10.0 Å². The molecule has 0 spiro atoms. The number of hydrogen-bond acceptors (Lipinski definition) is 3. The maximum absolute atomic E-state index is 11.9. The highest BCUT2D eigenvalue weighted by Crippen LogP contribution is 2.17. The highest BCUT2D eigenvalue weighted by molar-refractivity contribution is 7.89. The van der Waals surface area contributed by atoms with E-state index in [1.807, 2.05) is 20.8 Å². The molecular weight excluding hydrogens is 260 g/mol. The molecule has 17 heavy (non-hydrogen) atoms. The molecule has 1 rings (SSSR count). The molecule has 0 aliphatic carbocycles. The molecule has 0 radical (unpaired) electrons. The maximum Gasteiger partial charge on any atom is 0.212 e. The molecule has 1 fully saturated rings. The summed E-state index contributed by atoms with van der Waals surface area (Å²) in [7, 11) is -3.16. The Morgan fingerprint density at radius 2 is 1.94 bits per heavy atom. The average Bonchev–Trinajstić information content (AvgIpc) is 2.04. The van der Waals surface area contributed by atoms with E-state index in [2.05, 4.69) is 17.0 Å². The standard InChI is InChI=1S/C11H24N2O2S.ClH/c1-9-5-6-12-7-10(9)13-16(14,15)8-11(2,3)4;/h9-10,12-13H,5-8H2,1-4H3;1H. The average molecular weight is 285 g/mol. The number of sulfonamides is 1. The molecule has 2 atom stereocenters. The molecule has 0 aromatic rings. The molecule has 0 saturated carbocycles. The third-order valence-corrected chi connectivity index (χ3v) is 4.69. The summed E-state index contributed by atoms with van der Waals surface area (Å²) in [6.07, 6.45) is 1.03. The second-order valence-electron chi connectivity index (χ2n) is 6.01. The van der Waals surface area contributed by atoms with Crippen molar-refractivity contribution in [3.8, 4) is 0 Å². The third-order valence-electron chi connectivity index (χ3n) is 2.78. The molecule has 0 aromatic carbocycles. The van der Waals surface area contributed by atoms with Gasteiger partial charge >= 0.3 is 0 Å². The van der Waals surface area contributed by atoms with Crippen LogP contribution in [0.4, 0.5) is 0 Å². The molecule has 0 amide bonds. The van der Waals surface area contributed by atoms with Crippen molar-refractivity contribution in [3.63, 3.8) is 0 Å². The Balaban J connectivity index is 0.00000256. The minimum atomic E-state index is -3.16. The molecule has 1 heterocycles. The van der Waals surface area contributed by atoms with Gasteiger partial charge in [0, 0.05) is 12.6 Å². The van der Waals surface area contributed by atoms with Gasteiger partial charge in [-0.25, -0.2) is 13.1 Å². The summed E-state index contributed by atoms with van der Waals surface area (Å²) in [5, 5.41) is 3.22. The lowest BCUT2D eigenvalue weighted by Gasteiger charge is -2.31. The van der Waals surface area contributed by atoms with Crippen LogP contribution in [0.25, 0.3) is 0 Å². The largest absolute Gasteiger partial charge is 0.315 e. The monoisotopic (exact) mass is 284 g/mol. The normalized spacial score (nSPS) is 26.4. The Kier molecular flexibility index (Phi) is 6.42. The number of nitrogens with one attached hydrogen (secondary N) is 2. The molecule has 4 nitrogen and oxygen atoms in total. The van der Waals surface area contributed by atoms with Crippen molar-refractivity contribution in [3.05, 3.63) is 0 Å². The topological polar surface area (TPSA) is 58.2 Å². The smallest absolute Gasteiger partial charge is 0.212 e. The third kappa shape index (κ3) is 6.60. The molecule has 2 unspecified atom stereocenters. The molecule has 0 bridgehead atoms. The highest BCUT2D eigenvalue weighted by atomic mass is 35.5. The van der Waals surface area contributed by atoms with Crippen LogP contribution in [-0.2, 0) is 10.0 Å². The van der Waals surface area contributed by atoms with Crippen molar-refractivity contribution in [1.29, 1.82) is 0 Å². The SMILES string of the molecule is CC1CCNCC1NS(=O)(=O)CC(C)(C)C.Cl. The van der Waals surface area contributed by atoms with Crippen LogP contribution >= 0.6 is 12.4 Å².